The molecule has 3 aromatic rings. The van der Waals surface area contributed by atoms with Gasteiger partial charge in [-0.15, -0.1) is 10.2 Å². The number of pyridine rings is 1. The van der Waals surface area contributed by atoms with Gasteiger partial charge in [0.15, 0.2) is 5.82 Å². The summed E-state index contributed by atoms with van der Waals surface area (Å²) in [5, 5.41) is 12.9. The average Bonchev–Trinajstić information content (AvgIpc) is 3.09. The second kappa shape index (κ2) is 6.36. The quantitative estimate of drug-likeness (QED) is 0.793. The predicted molar refractivity (Wildman–Crippen MR) is 91.2 cm³/mol. The first-order chi connectivity index (χ1) is 11.4. The van der Waals surface area contributed by atoms with E-state index in [2.05, 4.69) is 37.2 Å². The van der Waals surface area contributed by atoms with Gasteiger partial charge in [0.25, 0.3) is 0 Å². The summed E-state index contributed by atoms with van der Waals surface area (Å²) in [6.45, 7) is 0.655. The standard InChI is InChI=1S/C18H21N5/c1-2-7-15(8-3-1)23-13-20-22-18(23)12-19-17-11-10-14-6-4-5-9-16(14)21-17/h4-6,9-11,13,15H,1-3,7-8,12H2,(H,19,21). The molecule has 0 amide bonds. The fourth-order valence-corrected chi connectivity index (χ4v) is 3.39. The fourth-order valence-electron chi connectivity index (χ4n) is 3.39. The van der Waals surface area contributed by atoms with E-state index in [1.807, 2.05) is 30.6 Å². The van der Waals surface area contributed by atoms with Gasteiger partial charge in [0.05, 0.1) is 12.1 Å². The van der Waals surface area contributed by atoms with E-state index in [1.54, 1.807) is 0 Å². The van der Waals surface area contributed by atoms with Gasteiger partial charge < -0.3 is 9.88 Å². The lowest BCUT2D eigenvalue weighted by Crippen LogP contribution is -2.16. The summed E-state index contributed by atoms with van der Waals surface area (Å²) < 4.78 is 2.24. The molecular formula is C18H21N5. The smallest absolute Gasteiger partial charge is 0.152 e. The van der Waals surface area contributed by atoms with Gasteiger partial charge >= 0.3 is 0 Å². The second-order valence-electron chi connectivity index (χ2n) is 6.19. The maximum absolute atomic E-state index is 4.65. The van der Waals surface area contributed by atoms with Crippen LogP contribution in [0, 0.1) is 0 Å². The van der Waals surface area contributed by atoms with Gasteiger partial charge in [-0.3, -0.25) is 0 Å². The van der Waals surface area contributed by atoms with Crippen LogP contribution in [-0.2, 0) is 6.54 Å². The second-order valence-corrected chi connectivity index (χ2v) is 6.19. The molecule has 0 radical (unpaired) electrons. The van der Waals surface area contributed by atoms with Crippen molar-refractivity contribution in [3.05, 3.63) is 48.5 Å². The van der Waals surface area contributed by atoms with Crippen molar-refractivity contribution in [2.45, 2.75) is 44.7 Å². The van der Waals surface area contributed by atoms with Crippen molar-refractivity contribution in [2.75, 3.05) is 5.32 Å². The van der Waals surface area contributed by atoms with Crippen LogP contribution in [-0.4, -0.2) is 19.7 Å². The molecule has 1 saturated carbocycles. The highest BCUT2D eigenvalue weighted by atomic mass is 15.3. The fraction of sp³-hybridized carbons (Fsp3) is 0.389. The van der Waals surface area contributed by atoms with Crippen molar-refractivity contribution in [3.63, 3.8) is 0 Å². The molecule has 1 aromatic carbocycles. The Balaban J connectivity index is 1.49. The molecule has 0 atom stereocenters. The van der Waals surface area contributed by atoms with Gasteiger partial charge in [0, 0.05) is 11.4 Å². The third-order valence-corrected chi connectivity index (χ3v) is 4.64. The van der Waals surface area contributed by atoms with Crippen molar-refractivity contribution in [3.8, 4) is 0 Å². The Morgan fingerprint density at radius 3 is 2.83 bits per heavy atom. The van der Waals surface area contributed by atoms with Crippen molar-refractivity contribution < 1.29 is 0 Å². The lowest BCUT2D eigenvalue weighted by Gasteiger charge is -2.24. The summed E-state index contributed by atoms with van der Waals surface area (Å²) in [7, 11) is 0. The average molecular weight is 307 g/mol. The summed E-state index contributed by atoms with van der Waals surface area (Å²) in [5.74, 6) is 1.87. The molecule has 5 nitrogen and oxygen atoms in total. The van der Waals surface area contributed by atoms with Crippen molar-refractivity contribution in [2.24, 2.45) is 0 Å². The number of nitrogens with zero attached hydrogens (tertiary/aromatic N) is 4. The Bertz CT molecular complexity index is 789. The monoisotopic (exact) mass is 307 g/mol. The van der Waals surface area contributed by atoms with Gasteiger partial charge in [-0.2, -0.15) is 0 Å². The molecule has 1 aliphatic rings. The van der Waals surface area contributed by atoms with Gasteiger partial charge in [-0.25, -0.2) is 4.98 Å². The van der Waals surface area contributed by atoms with Crippen LogP contribution in [0.25, 0.3) is 10.9 Å². The first-order valence-corrected chi connectivity index (χ1v) is 8.38. The van der Waals surface area contributed by atoms with E-state index in [0.717, 1.165) is 22.5 Å². The third kappa shape index (κ3) is 3.04. The van der Waals surface area contributed by atoms with Gasteiger partial charge in [-0.1, -0.05) is 37.5 Å². The van der Waals surface area contributed by atoms with Crippen molar-refractivity contribution in [1.82, 2.24) is 19.7 Å². The predicted octanol–water partition coefficient (Wildman–Crippen LogP) is 3.94. The molecule has 0 unspecified atom stereocenters. The summed E-state index contributed by atoms with van der Waals surface area (Å²) in [6, 6.07) is 12.8. The highest BCUT2D eigenvalue weighted by Gasteiger charge is 2.18. The van der Waals surface area contributed by atoms with Crippen LogP contribution in [0.4, 0.5) is 5.82 Å². The highest BCUT2D eigenvalue weighted by Crippen LogP contribution is 2.28. The van der Waals surface area contributed by atoms with Crippen LogP contribution >= 0.6 is 0 Å². The first kappa shape index (κ1) is 14.2. The van der Waals surface area contributed by atoms with Crippen LogP contribution in [0.5, 0.6) is 0 Å². The molecule has 118 valence electrons. The Kier molecular flexibility index (Phi) is 3.92. The van der Waals surface area contributed by atoms with E-state index in [-0.39, 0.29) is 0 Å². The normalized spacial score (nSPS) is 15.8. The number of para-hydroxylation sites is 1. The Morgan fingerprint density at radius 2 is 1.91 bits per heavy atom. The van der Waals surface area contributed by atoms with Crippen molar-refractivity contribution >= 4 is 16.7 Å². The topological polar surface area (TPSA) is 55.6 Å². The molecule has 4 rings (SSSR count). The number of aromatic nitrogens is 4. The van der Waals surface area contributed by atoms with E-state index in [0.29, 0.717) is 12.6 Å². The third-order valence-electron chi connectivity index (χ3n) is 4.64. The number of rotatable bonds is 4. The molecule has 0 bridgehead atoms. The maximum atomic E-state index is 4.65. The molecule has 0 spiro atoms. The molecule has 1 fully saturated rings. The lowest BCUT2D eigenvalue weighted by molar-refractivity contribution is 0.346. The van der Waals surface area contributed by atoms with Crippen LogP contribution < -0.4 is 5.32 Å². The number of nitrogens with one attached hydrogen (secondary N) is 1. The molecule has 1 aliphatic carbocycles. The van der Waals surface area contributed by atoms with Crippen LogP contribution in [0.1, 0.15) is 44.0 Å². The zero-order valence-electron chi connectivity index (χ0n) is 13.2. The van der Waals surface area contributed by atoms with Crippen LogP contribution in [0.3, 0.4) is 0 Å². The van der Waals surface area contributed by atoms with Gasteiger partial charge in [0.2, 0.25) is 0 Å². The van der Waals surface area contributed by atoms with Crippen LogP contribution in [0.15, 0.2) is 42.7 Å². The maximum Gasteiger partial charge on any atom is 0.152 e. The number of fused-ring (bicyclic) bond motifs is 1. The summed E-state index contributed by atoms with van der Waals surface area (Å²) in [6.07, 6.45) is 8.32. The zero-order chi connectivity index (χ0) is 15.5. The SMILES string of the molecule is c1ccc2nc(NCc3nncn3C3CCCCC3)ccc2c1. The van der Waals surface area contributed by atoms with Gasteiger partial charge in [-0.05, 0) is 31.0 Å². The molecule has 5 heteroatoms. The van der Waals surface area contributed by atoms with E-state index < -0.39 is 0 Å². The van der Waals surface area contributed by atoms with E-state index in [9.17, 15) is 0 Å². The number of hydrogen-bond acceptors (Lipinski definition) is 4. The largest absolute Gasteiger partial charge is 0.363 e. The molecule has 2 heterocycles. The number of anilines is 1. The van der Waals surface area contributed by atoms with E-state index in [4.69, 9.17) is 0 Å². The molecular weight excluding hydrogens is 286 g/mol. The van der Waals surface area contributed by atoms with Crippen molar-refractivity contribution in [1.29, 1.82) is 0 Å². The molecule has 1 N–H and O–H groups in total. The Labute approximate surface area is 135 Å². The molecule has 0 saturated heterocycles. The minimum absolute atomic E-state index is 0.556. The number of hydrogen-bond donors (Lipinski definition) is 1. The van der Waals surface area contributed by atoms with Gasteiger partial charge in [0.1, 0.15) is 12.1 Å². The first-order valence-electron chi connectivity index (χ1n) is 8.38. The minimum atomic E-state index is 0.556. The van der Waals surface area contributed by atoms with E-state index >= 15 is 0 Å². The number of benzene rings is 1. The Morgan fingerprint density at radius 1 is 1.04 bits per heavy atom. The lowest BCUT2D eigenvalue weighted by atomic mass is 9.95. The summed E-state index contributed by atoms with van der Waals surface area (Å²) in [5.41, 5.74) is 1.01. The zero-order valence-corrected chi connectivity index (χ0v) is 13.2. The Hall–Kier alpha value is -2.43. The molecule has 23 heavy (non-hydrogen) atoms. The van der Waals surface area contributed by atoms with Crippen LogP contribution in [0.2, 0.25) is 0 Å². The minimum Gasteiger partial charge on any atom is -0.363 e. The highest BCUT2D eigenvalue weighted by molar-refractivity contribution is 5.79. The van der Waals surface area contributed by atoms with E-state index in [1.165, 1.54) is 32.1 Å². The molecule has 0 aliphatic heterocycles. The summed E-state index contributed by atoms with van der Waals surface area (Å²) >= 11 is 0. The molecule has 2 aromatic heterocycles. The summed E-state index contributed by atoms with van der Waals surface area (Å²) in [4.78, 5) is 4.65.